The van der Waals surface area contributed by atoms with Crippen LogP contribution in [0.25, 0.3) is 0 Å². The molecule has 0 fully saturated rings. The van der Waals surface area contributed by atoms with Gasteiger partial charge in [0.15, 0.2) is 0 Å². The van der Waals surface area contributed by atoms with Crippen LogP contribution in [0.2, 0.25) is 0 Å². The van der Waals surface area contributed by atoms with Gasteiger partial charge in [0, 0.05) is 0 Å². The summed E-state index contributed by atoms with van der Waals surface area (Å²) in [6, 6.07) is -0.869. The molecule has 0 aromatic carbocycles. The van der Waals surface area contributed by atoms with Gasteiger partial charge in [-0.3, -0.25) is 4.79 Å². The van der Waals surface area contributed by atoms with Crippen LogP contribution < -0.4 is 5.73 Å². The van der Waals surface area contributed by atoms with Gasteiger partial charge in [0.2, 0.25) is 0 Å². The highest BCUT2D eigenvalue weighted by Crippen LogP contribution is 2.25. The van der Waals surface area contributed by atoms with Crippen LogP contribution in [-0.2, 0) is 4.79 Å². The van der Waals surface area contributed by atoms with Gasteiger partial charge in [0.05, 0.1) is 0 Å². The molecule has 0 aromatic heterocycles. The van der Waals surface area contributed by atoms with Crippen LogP contribution in [0, 0.1) is 0 Å². The lowest BCUT2D eigenvalue weighted by molar-refractivity contribution is -0.138. The third-order valence-corrected chi connectivity index (χ3v) is 1.59. The Hall–Kier alpha value is 0.01000. The Labute approximate surface area is 75.5 Å². The van der Waals surface area contributed by atoms with Crippen molar-refractivity contribution < 1.29 is 9.90 Å². The van der Waals surface area contributed by atoms with E-state index in [0.717, 1.165) is 0 Å². The molecule has 0 saturated heterocycles. The van der Waals surface area contributed by atoms with Crippen molar-refractivity contribution >= 4 is 29.2 Å². The van der Waals surface area contributed by atoms with Crippen LogP contribution in [-0.4, -0.2) is 21.5 Å². The maximum atomic E-state index is 10.2. The molecule has 0 saturated carbocycles. The van der Waals surface area contributed by atoms with Gasteiger partial charge in [-0.05, 0) is 19.8 Å². The van der Waals surface area contributed by atoms with Gasteiger partial charge in [0.1, 0.15) is 10.4 Å². The first-order chi connectivity index (χ1) is 4.83. The molecule has 0 aromatic rings. The molecular formula is C6H11Cl2NO2. The molecule has 66 valence electrons. The summed E-state index contributed by atoms with van der Waals surface area (Å²) in [4.78, 5) is 10.2. The molecule has 0 aliphatic carbocycles. The van der Waals surface area contributed by atoms with E-state index >= 15 is 0 Å². The van der Waals surface area contributed by atoms with Crippen molar-refractivity contribution in [2.45, 2.75) is 30.1 Å². The van der Waals surface area contributed by atoms with E-state index in [2.05, 4.69) is 0 Å². The molecule has 0 aliphatic rings. The van der Waals surface area contributed by atoms with Gasteiger partial charge in [0.25, 0.3) is 0 Å². The maximum Gasteiger partial charge on any atom is 0.320 e. The number of alkyl halides is 2. The minimum absolute atomic E-state index is 0.291. The monoisotopic (exact) mass is 199 g/mol. The van der Waals surface area contributed by atoms with E-state index < -0.39 is 16.3 Å². The fourth-order valence-corrected chi connectivity index (χ4v) is 0.751. The lowest BCUT2D eigenvalue weighted by atomic mass is 10.1. The zero-order valence-electron chi connectivity index (χ0n) is 6.18. The molecule has 1 atom stereocenters. The minimum Gasteiger partial charge on any atom is -0.480 e. The Kier molecular flexibility index (Phi) is 4.14. The summed E-state index contributed by atoms with van der Waals surface area (Å²) in [7, 11) is 0. The standard InChI is InChI=1S/C6H11Cl2NO2/c1-6(7,8)3-2-4(9)5(10)11/h4H,2-3,9H2,1H3,(H,10,11)/t4-/m0/s1. The molecular weight excluding hydrogens is 189 g/mol. The van der Waals surface area contributed by atoms with E-state index in [9.17, 15) is 4.79 Å². The third-order valence-electron chi connectivity index (χ3n) is 1.21. The second-order valence-electron chi connectivity index (χ2n) is 2.55. The van der Waals surface area contributed by atoms with Crippen LogP contribution in [0.4, 0.5) is 0 Å². The summed E-state index contributed by atoms with van der Waals surface area (Å²) in [5.41, 5.74) is 5.21. The Morgan fingerprint density at radius 3 is 2.45 bits per heavy atom. The van der Waals surface area contributed by atoms with Crippen LogP contribution in [0.5, 0.6) is 0 Å². The molecule has 0 aliphatic heterocycles. The average molecular weight is 200 g/mol. The highest BCUT2D eigenvalue weighted by Gasteiger charge is 2.20. The van der Waals surface area contributed by atoms with Gasteiger partial charge in [-0.2, -0.15) is 0 Å². The summed E-state index contributed by atoms with van der Waals surface area (Å²) in [6.45, 7) is 1.60. The number of rotatable bonds is 4. The largest absolute Gasteiger partial charge is 0.480 e. The van der Waals surface area contributed by atoms with E-state index in [0.29, 0.717) is 12.8 Å². The van der Waals surface area contributed by atoms with E-state index in [4.69, 9.17) is 34.0 Å². The number of carboxylic acids is 1. The number of carbonyl (C=O) groups is 1. The van der Waals surface area contributed by atoms with Gasteiger partial charge in [-0.1, -0.05) is 0 Å². The number of hydrogen-bond donors (Lipinski definition) is 2. The lowest BCUT2D eigenvalue weighted by Gasteiger charge is -2.13. The molecule has 3 N–H and O–H groups in total. The van der Waals surface area contributed by atoms with E-state index in [1.165, 1.54) is 0 Å². The zero-order chi connectivity index (χ0) is 9.07. The second-order valence-corrected chi connectivity index (χ2v) is 4.42. The highest BCUT2D eigenvalue weighted by atomic mass is 35.5. The number of hydrogen-bond acceptors (Lipinski definition) is 2. The first-order valence-corrected chi connectivity index (χ1v) is 3.95. The fraction of sp³-hybridized carbons (Fsp3) is 0.833. The normalized spacial score (nSPS) is 14.5. The molecule has 0 rings (SSSR count). The maximum absolute atomic E-state index is 10.2. The second kappa shape index (κ2) is 4.14. The van der Waals surface area contributed by atoms with Crippen molar-refractivity contribution in [3.63, 3.8) is 0 Å². The number of nitrogens with two attached hydrogens (primary N) is 1. The minimum atomic E-state index is -1.03. The van der Waals surface area contributed by atoms with Crippen LogP contribution in [0.3, 0.4) is 0 Å². The van der Waals surface area contributed by atoms with Crippen molar-refractivity contribution in [3.05, 3.63) is 0 Å². The first-order valence-electron chi connectivity index (χ1n) is 3.19. The Bertz CT molecular complexity index is 144. The van der Waals surface area contributed by atoms with Gasteiger partial charge >= 0.3 is 5.97 Å². The molecule has 0 radical (unpaired) electrons. The Morgan fingerprint density at radius 2 is 2.18 bits per heavy atom. The number of aliphatic carboxylic acids is 1. The lowest BCUT2D eigenvalue weighted by Crippen LogP contribution is -2.31. The Balaban J connectivity index is 3.63. The fourth-order valence-electron chi connectivity index (χ4n) is 0.532. The smallest absolute Gasteiger partial charge is 0.320 e. The molecule has 5 heteroatoms. The summed E-state index contributed by atoms with van der Waals surface area (Å²) in [5.74, 6) is -1.03. The van der Waals surface area contributed by atoms with Crippen LogP contribution in [0.1, 0.15) is 19.8 Å². The quantitative estimate of drug-likeness (QED) is 0.673. The topological polar surface area (TPSA) is 63.3 Å². The van der Waals surface area contributed by atoms with Gasteiger partial charge in [-0.15, -0.1) is 23.2 Å². The molecule has 3 nitrogen and oxygen atoms in total. The van der Waals surface area contributed by atoms with Crippen LogP contribution in [0.15, 0.2) is 0 Å². The number of carboxylic acid groups (broad SMARTS) is 1. The molecule has 0 spiro atoms. The zero-order valence-corrected chi connectivity index (χ0v) is 7.69. The molecule has 0 unspecified atom stereocenters. The molecule has 11 heavy (non-hydrogen) atoms. The van der Waals surface area contributed by atoms with Gasteiger partial charge in [-0.25, -0.2) is 0 Å². The SMILES string of the molecule is CC(Cl)(Cl)CC[C@H](N)C(=O)O. The van der Waals surface area contributed by atoms with Crippen LogP contribution >= 0.6 is 23.2 Å². The Morgan fingerprint density at radius 1 is 1.73 bits per heavy atom. The van der Waals surface area contributed by atoms with E-state index in [-0.39, 0.29) is 0 Å². The summed E-state index contributed by atoms with van der Waals surface area (Å²) in [5, 5.41) is 8.37. The van der Waals surface area contributed by atoms with Crippen molar-refractivity contribution in [1.82, 2.24) is 0 Å². The molecule has 0 bridgehead atoms. The third kappa shape index (κ3) is 6.41. The van der Waals surface area contributed by atoms with E-state index in [1.54, 1.807) is 6.92 Å². The van der Waals surface area contributed by atoms with Crippen molar-refractivity contribution in [1.29, 1.82) is 0 Å². The van der Waals surface area contributed by atoms with E-state index in [1.807, 2.05) is 0 Å². The van der Waals surface area contributed by atoms with Crippen molar-refractivity contribution in [2.24, 2.45) is 5.73 Å². The predicted molar refractivity (Wildman–Crippen MR) is 45.0 cm³/mol. The highest BCUT2D eigenvalue weighted by molar-refractivity contribution is 6.48. The summed E-state index contributed by atoms with van der Waals surface area (Å²) < 4.78 is -0.882. The number of halogens is 2. The summed E-state index contributed by atoms with van der Waals surface area (Å²) >= 11 is 11.2. The summed E-state index contributed by atoms with van der Waals surface area (Å²) in [6.07, 6.45) is 0.669. The van der Waals surface area contributed by atoms with Crippen molar-refractivity contribution in [2.75, 3.05) is 0 Å². The van der Waals surface area contributed by atoms with Crippen molar-refractivity contribution in [3.8, 4) is 0 Å². The average Bonchev–Trinajstić information content (AvgIpc) is 1.80. The van der Waals surface area contributed by atoms with Gasteiger partial charge < -0.3 is 10.8 Å². The first kappa shape index (κ1) is 11.0. The molecule has 0 amide bonds. The predicted octanol–water partition coefficient (Wildman–Crippen LogP) is 1.37. The molecule has 0 heterocycles.